The van der Waals surface area contributed by atoms with E-state index in [1.165, 1.54) is 0 Å². The Morgan fingerprint density at radius 3 is 2.55 bits per heavy atom. The van der Waals surface area contributed by atoms with E-state index in [1.807, 2.05) is 19.1 Å². The zero-order chi connectivity index (χ0) is 14.8. The third kappa shape index (κ3) is 5.57. The zero-order valence-corrected chi connectivity index (χ0v) is 13.3. The van der Waals surface area contributed by atoms with Gasteiger partial charge in [-0.25, -0.2) is 0 Å². The average molecular weight is 301 g/mol. The molecule has 5 heteroatoms. The molecule has 0 bridgehead atoms. The topological polar surface area (TPSA) is 42.5 Å². The molecule has 0 aliphatic rings. The molecule has 0 aliphatic heterocycles. The number of hydrogen-bond donors (Lipinski definition) is 2. The van der Waals surface area contributed by atoms with Crippen LogP contribution in [0.3, 0.4) is 0 Å². The van der Waals surface area contributed by atoms with E-state index in [9.17, 15) is 0 Å². The second kappa shape index (κ2) is 9.86. The van der Waals surface area contributed by atoms with Crippen molar-refractivity contribution in [1.82, 2.24) is 10.6 Å². The number of methoxy groups -OCH3 is 1. The Kier molecular flexibility index (Phi) is 8.42. The molecule has 2 N–H and O–H groups in total. The molecule has 114 valence electrons. The van der Waals surface area contributed by atoms with E-state index < -0.39 is 0 Å². The van der Waals surface area contributed by atoms with E-state index in [0.29, 0.717) is 23.1 Å². The van der Waals surface area contributed by atoms with Crippen LogP contribution in [-0.2, 0) is 6.54 Å². The Hall–Kier alpha value is -0.970. The van der Waals surface area contributed by atoms with Crippen molar-refractivity contribution in [2.75, 3.05) is 33.4 Å². The highest BCUT2D eigenvalue weighted by molar-refractivity contribution is 6.32. The number of benzene rings is 1. The van der Waals surface area contributed by atoms with Gasteiger partial charge in [0.25, 0.3) is 0 Å². The van der Waals surface area contributed by atoms with E-state index in [4.69, 9.17) is 21.1 Å². The number of halogens is 1. The summed E-state index contributed by atoms with van der Waals surface area (Å²) in [6, 6.07) is 3.89. The van der Waals surface area contributed by atoms with E-state index in [0.717, 1.165) is 38.2 Å². The van der Waals surface area contributed by atoms with Gasteiger partial charge in [-0.15, -0.1) is 0 Å². The lowest BCUT2D eigenvalue weighted by Crippen LogP contribution is -2.21. The molecular weight excluding hydrogens is 276 g/mol. The van der Waals surface area contributed by atoms with Gasteiger partial charge >= 0.3 is 0 Å². The summed E-state index contributed by atoms with van der Waals surface area (Å²) >= 11 is 6.23. The molecule has 0 fully saturated rings. The minimum Gasteiger partial charge on any atom is -0.493 e. The van der Waals surface area contributed by atoms with Crippen molar-refractivity contribution in [3.05, 3.63) is 22.7 Å². The molecule has 1 aromatic carbocycles. The van der Waals surface area contributed by atoms with Crippen LogP contribution < -0.4 is 20.1 Å². The van der Waals surface area contributed by atoms with Crippen LogP contribution in [0.4, 0.5) is 0 Å². The molecule has 0 atom stereocenters. The molecule has 1 aromatic rings. The summed E-state index contributed by atoms with van der Waals surface area (Å²) in [5.41, 5.74) is 1.10. The fraction of sp³-hybridized carbons (Fsp3) is 0.600. The minimum atomic E-state index is 0.568. The van der Waals surface area contributed by atoms with Crippen LogP contribution in [0, 0.1) is 0 Å². The Balaban J connectivity index is 2.52. The fourth-order valence-electron chi connectivity index (χ4n) is 1.91. The Labute approximate surface area is 126 Å². The van der Waals surface area contributed by atoms with Gasteiger partial charge in [0.2, 0.25) is 0 Å². The first-order chi connectivity index (χ1) is 9.72. The lowest BCUT2D eigenvalue weighted by molar-refractivity contribution is 0.311. The summed E-state index contributed by atoms with van der Waals surface area (Å²) in [6.07, 6.45) is 1.11. The normalized spacial score (nSPS) is 10.6. The maximum Gasteiger partial charge on any atom is 0.179 e. The number of rotatable bonds is 10. The quantitative estimate of drug-likeness (QED) is 0.652. The van der Waals surface area contributed by atoms with Crippen LogP contribution >= 0.6 is 11.6 Å². The monoisotopic (exact) mass is 300 g/mol. The Morgan fingerprint density at radius 2 is 1.90 bits per heavy atom. The highest BCUT2D eigenvalue weighted by Crippen LogP contribution is 2.36. The first-order valence-corrected chi connectivity index (χ1v) is 7.51. The molecule has 4 nitrogen and oxygen atoms in total. The second-order valence-electron chi connectivity index (χ2n) is 4.43. The molecule has 1 rings (SSSR count). The summed E-state index contributed by atoms with van der Waals surface area (Å²) in [5, 5.41) is 7.29. The number of ether oxygens (including phenoxy) is 2. The lowest BCUT2D eigenvalue weighted by Gasteiger charge is -2.13. The lowest BCUT2D eigenvalue weighted by atomic mass is 10.2. The van der Waals surface area contributed by atoms with Crippen LogP contribution in [0.15, 0.2) is 12.1 Å². The largest absolute Gasteiger partial charge is 0.493 e. The highest BCUT2D eigenvalue weighted by atomic mass is 35.5. The molecule has 0 aromatic heterocycles. The van der Waals surface area contributed by atoms with E-state index in [-0.39, 0.29) is 0 Å². The molecule has 20 heavy (non-hydrogen) atoms. The highest BCUT2D eigenvalue weighted by Gasteiger charge is 2.11. The number of hydrogen-bond acceptors (Lipinski definition) is 4. The van der Waals surface area contributed by atoms with Crippen LogP contribution in [0.1, 0.15) is 25.8 Å². The summed E-state index contributed by atoms with van der Waals surface area (Å²) in [6.45, 7) is 8.41. The maximum absolute atomic E-state index is 6.23. The predicted molar refractivity (Wildman–Crippen MR) is 84.0 cm³/mol. The minimum absolute atomic E-state index is 0.568. The summed E-state index contributed by atoms with van der Waals surface area (Å²) < 4.78 is 10.8. The van der Waals surface area contributed by atoms with Gasteiger partial charge in [-0.05, 0) is 50.7 Å². The summed E-state index contributed by atoms with van der Waals surface area (Å²) in [4.78, 5) is 0. The molecule has 0 unspecified atom stereocenters. The third-order valence-electron chi connectivity index (χ3n) is 2.86. The van der Waals surface area contributed by atoms with Gasteiger partial charge < -0.3 is 20.1 Å². The van der Waals surface area contributed by atoms with E-state index in [1.54, 1.807) is 7.11 Å². The fourth-order valence-corrected chi connectivity index (χ4v) is 2.20. The average Bonchev–Trinajstić information content (AvgIpc) is 2.45. The second-order valence-corrected chi connectivity index (χ2v) is 4.83. The van der Waals surface area contributed by atoms with Crippen molar-refractivity contribution in [3.8, 4) is 11.5 Å². The van der Waals surface area contributed by atoms with Crippen LogP contribution in [0.5, 0.6) is 11.5 Å². The van der Waals surface area contributed by atoms with Gasteiger partial charge in [-0.2, -0.15) is 0 Å². The smallest absolute Gasteiger partial charge is 0.179 e. The van der Waals surface area contributed by atoms with Gasteiger partial charge in [-0.1, -0.05) is 18.5 Å². The van der Waals surface area contributed by atoms with Crippen molar-refractivity contribution in [2.45, 2.75) is 26.8 Å². The molecule has 0 amide bonds. The first-order valence-electron chi connectivity index (χ1n) is 7.13. The molecule has 0 saturated carbocycles. The number of nitrogens with one attached hydrogen (secondary N) is 2. The first kappa shape index (κ1) is 17.1. The van der Waals surface area contributed by atoms with Crippen molar-refractivity contribution in [3.63, 3.8) is 0 Å². The molecule has 0 aliphatic carbocycles. The third-order valence-corrected chi connectivity index (χ3v) is 3.14. The van der Waals surface area contributed by atoms with E-state index >= 15 is 0 Å². The van der Waals surface area contributed by atoms with Crippen molar-refractivity contribution < 1.29 is 9.47 Å². The van der Waals surface area contributed by atoms with Gasteiger partial charge in [0.1, 0.15) is 0 Å². The summed E-state index contributed by atoms with van der Waals surface area (Å²) in [7, 11) is 1.63. The van der Waals surface area contributed by atoms with Gasteiger partial charge in [0.05, 0.1) is 18.7 Å². The maximum atomic E-state index is 6.23. The van der Waals surface area contributed by atoms with Crippen LogP contribution in [0.2, 0.25) is 5.02 Å². The SMILES string of the molecule is CCNCCCNCc1cc(Cl)c(OCC)c(OC)c1. The Bertz CT molecular complexity index is 400. The van der Waals surface area contributed by atoms with Crippen molar-refractivity contribution in [1.29, 1.82) is 0 Å². The van der Waals surface area contributed by atoms with Gasteiger partial charge in [0.15, 0.2) is 11.5 Å². The van der Waals surface area contributed by atoms with Crippen molar-refractivity contribution >= 4 is 11.6 Å². The standard InChI is InChI=1S/C15H25ClN2O2/c1-4-17-7-6-8-18-11-12-9-13(16)15(20-5-2)14(10-12)19-3/h9-10,17-18H,4-8,11H2,1-3H3. The predicted octanol–water partition coefficient (Wildman–Crippen LogP) is 2.84. The zero-order valence-electron chi connectivity index (χ0n) is 12.6. The van der Waals surface area contributed by atoms with Crippen LogP contribution in [0.25, 0.3) is 0 Å². The van der Waals surface area contributed by atoms with Crippen molar-refractivity contribution in [2.24, 2.45) is 0 Å². The summed E-state index contributed by atoms with van der Waals surface area (Å²) in [5.74, 6) is 1.30. The molecule has 0 saturated heterocycles. The molecule has 0 heterocycles. The Morgan fingerprint density at radius 1 is 1.15 bits per heavy atom. The van der Waals surface area contributed by atoms with E-state index in [2.05, 4.69) is 17.6 Å². The van der Waals surface area contributed by atoms with Crippen LogP contribution in [-0.4, -0.2) is 33.4 Å². The molecule has 0 spiro atoms. The molecular formula is C15H25ClN2O2. The molecule has 0 radical (unpaired) electrons. The van der Waals surface area contributed by atoms with Gasteiger partial charge in [0, 0.05) is 6.54 Å². The van der Waals surface area contributed by atoms with Gasteiger partial charge in [-0.3, -0.25) is 0 Å².